The minimum absolute atomic E-state index is 0.0445. The molecule has 1 heterocycles. The first-order chi connectivity index (χ1) is 29.2. The highest BCUT2D eigenvalue weighted by molar-refractivity contribution is 6.31. The van der Waals surface area contributed by atoms with E-state index in [1.807, 2.05) is 24.3 Å². The van der Waals surface area contributed by atoms with Crippen LogP contribution < -0.4 is 72.3 Å². The number of carbonyl (C=O) groups excluding carboxylic acids is 3. The van der Waals surface area contributed by atoms with E-state index in [1.54, 1.807) is 0 Å². The van der Waals surface area contributed by atoms with Crippen molar-refractivity contribution in [3.8, 4) is 5.75 Å². The maximum absolute atomic E-state index is 12.5. The third-order valence-corrected chi connectivity index (χ3v) is 9.40. The quantitative estimate of drug-likeness (QED) is 0.0244. The highest BCUT2D eigenvalue weighted by atomic mass is 35.5. The Morgan fingerprint density at radius 2 is 1.21 bits per heavy atom. The summed E-state index contributed by atoms with van der Waals surface area (Å²) in [6.45, 7) is 4.80. The molecule has 61 heavy (non-hydrogen) atoms. The molecule has 0 saturated carbocycles. The van der Waals surface area contributed by atoms with Crippen LogP contribution in [0.15, 0.2) is 39.2 Å². The minimum atomic E-state index is -0.693. The smallest absolute Gasteiger partial charge is 0.280 e. The van der Waals surface area contributed by atoms with E-state index in [9.17, 15) is 14.4 Å². The Bertz CT molecular complexity index is 1670. The van der Waals surface area contributed by atoms with Gasteiger partial charge in [-0.2, -0.15) is 0 Å². The molecule has 1 aromatic heterocycles. The van der Waals surface area contributed by atoms with Crippen molar-refractivity contribution in [1.29, 1.82) is 0 Å². The van der Waals surface area contributed by atoms with Gasteiger partial charge in [0.1, 0.15) is 12.4 Å². The van der Waals surface area contributed by atoms with Crippen LogP contribution in [0.3, 0.4) is 0 Å². The number of aromatic nitrogens is 2. The van der Waals surface area contributed by atoms with Crippen LogP contribution in [-0.2, 0) is 16.0 Å². The van der Waals surface area contributed by atoms with Gasteiger partial charge in [-0.25, -0.2) is 9.97 Å². The molecule has 21 N–H and O–H groups in total. The third-order valence-electron chi connectivity index (χ3n) is 9.13. The number of nitrogens with one attached hydrogen (secondary N) is 3. The van der Waals surface area contributed by atoms with Crippen LogP contribution in [0, 0.1) is 0 Å². The molecule has 0 aliphatic heterocycles. The number of nitrogens with two attached hydrogens (primary N) is 9. The summed E-state index contributed by atoms with van der Waals surface area (Å²) in [7, 11) is 0. The summed E-state index contributed by atoms with van der Waals surface area (Å²) in [6.07, 6.45) is 7.80. The van der Waals surface area contributed by atoms with Gasteiger partial charge in [0.25, 0.3) is 5.91 Å². The molecule has 0 aliphatic carbocycles. The van der Waals surface area contributed by atoms with Gasteiger partial charge in [-0.3, -0.25) is 39.6 Å². The number of guanidine groups is 3. The minimum Gasteiger partial charge on any atom is -0.492 e. The maximum Gasteiger partial charge on any atom is 0.280 e. The molecule has 23 heteroatoms. The average molecular weight is 876 g/mol. The van der Waals surface area contributed by atoms with Crippen LogP contribution >= 0.6 is 11.6 Å². The Balaban J connectivity index is 1.79. The summed E-state index contributed by atoms with van der Waals surface area (Å²) in [5.74, 6) is -0.588. The molecule has 0 unspecified atom stereocenters. The molecule has 340 valence electrons. The zero-order chi connectivity index (χ0) is 45.0. The number of benzene rings is 1. The van der Waals surface area contributed by atoms with Crippen molar-refractivity contribution in [3.05, 3.63) is 40.7 Å². The Hall–Kier alpha value is -5.71. The first kappa shape index (κ1) is 51.4. The highest BCUT2D eigenvalue weighted by Crippen LogP contribution is 2.17. The van der Waals surface area contributed by atoms with Gasteiger partial charge in [0.05, 0.1) is 12.1 Å². The van der Waals surface area contributed by atoms with E-state index in [2.05, 4.69) is 45.8 Å². The molecule has 2 aromatic rings. The molecule has 0 aliphatic rings. The van der Waals surface area contributed by atoms with Gasteiger partial charge < -0.3 is 67.0 Å². The molecule has 2 rings (SSSR count). The molecule has 0 saturated heterocycles. The van der Waals surface area contributed by atoms with Gasteiger partial charge in [-0.05, 0) is 101 Å². The predicted molar refractivity (Wildman–Crippen MR) is 241 cm³/mol. The average Bonchev–Trinajstić information content (AvgIpc) is 3.21. The van der Waals surface area contributed by atoms with Crippen LogP contribution in [0.5, 0.6) is 5.75 Å². The van der Waals surface area contributed by atoms with Crippen molar-refractivity contribution in [2.75, 3.05) is 70.4 Å². The van der Waals surface area contributed by atoms with Gasteiger partial charge in [0, 0.05) is 39.3 Å². The fraction of sp³-hybridized carbons (Fsp3) is 0.579. The molecule has 0 radical (unpaired) electrons. The number of nitrogens with zero attached hydrogens (tertiary/aromatic N) is 6. The molecule has 0 bridgehead atoms. The highest BCUT2D eigenvalue weighted by Gasteiger charge is 2.17. The zero-order valence-electron chi connectivity index (χ0n) is 35.0. The lowest BCUT2D eigenvalue weighted by Crippen LogP contribution is -2.42. The third kappa shape index (κ3) is 23.0. The molecular formula is C38H67ClN18O4. The van der Waals surface area contributed by atoms with Crippen LogP contribution in [0.4, 0.5) is 11.6 Å². The molecular weight excluding hydrogens is 808 g/mol. The summed E-state index contributed by atoms with van der Waals surface area (Å²) in [4.78, 5) is 59.4. The van der Waals surface area contributed by atoms with Gasteiger partial charge in [-0.15, -0.1) is 0 Å². The Morgan fingerprint density at radius 1 is 0.689 bits per heavy atom. The molecule has 0 spiro atoms. The van der Waals surface area contributed by atoms with Gasteiger partial charge in [-0.1, -0.05) is 23.7 Å². The van der Waals surface area contributed by atoms with E-state index >= 15 is 0 Å². The maximum atomic E-state index is 12.5. The Morgan fingerprint density at radius 3 is 1.75 bits per heavy atom. The number of hydrogen-bond donors (Lipinski definition) is 12. The summed E-state index contributed by atoms with van der Waals surface area (Å²) in [5, 5.41) is 8.14. The summed E-state index contributed by atoms with van der Waals surface area (Å²) in [6, 6.07) is 6.68. The number of aryl methyl sites for hydroxylation is 1. The number of nitrogen functional groups attached to an aromatic ring is 2. The summed E-state index contributed by atoms with van der Waals surface area (Å²) >= 11 is 5.84. The lowest BCUT2D eigenvalue weighted by atomic mass is 10.1. The van der Waals surface area contributed by atoms with Crippen molar-refractivity contribution < 1.29 is 19.1 Å². The topological polar surface area (TPSA) is 397 Å². The lowest BCUT2D eigenvalue weighted by Gasteiger charge is -2.23. The van der Waals surface area contributed by atoms with E-state index in [4.69, 9.17) is 67.9 Å². The predicted octanol–water partition coefficient (Wildman–Crippen LogP) is -1.40. The Kier molecular flexibility index (Phi) is 24.9. The second kappa shape index (κ2) is 29.5. The van der Waals surface area contributed by atoms with Crippen LogP contribution in [0.1, 0.15) is 80.3 Å². The van der Waals surface area contributed by atoms with Gasteiger partial charge in [0.15, 0.2) is 40.4 Å². The van der Waals surface area contributed by atoms with Crippen molar-refractivity contribution in [2.45, 2.75) is 82.7 Å². The summed E-state index contributed by atoms with van der Waals surface area (Å²) in [5.41, 5.74) is 51.6. The number of ether oxygens (including phenoxy) is 1. The monoisotopic (exact) mass is 875 g/mol. The zero-order valence-corrected chi connectivity index (χ0v) is 35.8. The van der Waals surface area contributed by atoms with E-state index < -0.39 is 18.0 Å². The molecule has 2 atom stereocenters. The van der Waals surface area contributed by atoms with Crippen molar-refractivity contribution in [3.63, 3.8) is 0 Å². The van der Waals surface area contributed by atoms with Crippen LogP contribution in [0.2, 0.25) is 5.15 Å². The number of carbonyl (C=O) groups is 3. The van der Waals surface area contributed by atoms with Gasteiger partial charge >= 0.3 is 0 Å². The van der Waals surface area contributed by atoms with E-state index in [1.165, 1.54) is 0 Å². The number of unbranched alkanes of at least 4 members (excludes halogenated alkanes) is 3. The first-order valence-corrected chi connectivity index (χ1v) is 20.8. The fourth-order valence-corrected chi connectivity index (χ4v) is 5.89. The van der Waals surface area contributed by atoms with Crippen molar-refractivity contribution in [2.24, 2.45) is 55.1 Å². The number of anilines is 2. The van der Waals surface area contributed by atoms with E-state index in [0.29, 0.717) is 84.6 Å². The normalized spacial score (nSPS) is 12.3. The van der Waals surface area contributed by atoms with Crippen LogP contribution in [0.25, 0.3) is 0 Å². The van der Waals surface area contributed by atoms with E-state index in [-0.39, 0.29) is 52.2 Å². The van der Waals surface area contributed by atoms with Crippen molar-refractivity contribution in [1.82, 2.24) is 30.8 Å². The number of halogens is 1. The Labute approximate surface area is 362 Å². The van der Waals surface area contributed by atoms with Crippen LogP contribution in [-0.4, -0.2) is 122 Å². The molecule has 3 amide bonds. The van der Waals surface area contributed by atoms with Gasteiger partial charge in [0.2, 0.25) is 11.8 Å². The fourth-order valence-electron chi connectivity index (χ4n) is 5.77. The number of rotatable bonds is 30. The standard InChI is InChI=1S/C38H67ClN18O4/c39-30-32(43)55-31(42)29(54-30)35(60)56-38(48)53-18-4-1-9-25-12-14-26(15-13-25)61-24-23-57(21-7-19-49-33(58)27(40)10-2-5-16-51-36(44)45)22-8-20-50-34(59)28(41)11-3-6-17-52-37(46)47/h12-15,27-28H,1-11,16-24,40-41H2,(H,49,58)(H,50,59)(H4,42,43,55)(H4,44,45,51)(H4,46,47,52)(H3,48,53,56,60)/t27-,28+. The number of hydrogen-bond acceptors (Lipinski definition) is 14. The number of amides is 3. The van der Waals surface area contributed by atoms with E-state index in [0.717, 1.165) is 56.3 Å². The summed E-state index contributed by atoms with van der Waals surface area (Å²) < 4.78 is 6.08. The first-order valence-electron chi connectivity index (χ1n) is 20.5. The second-order valence-electron chi connectivity index (χ2n) is 14.3. The second-order valence-corrected chi connectivity index (χ2v) is 14.6. The molecule has 0 fully saturated rings. The SMILES string of the molecule is NC(N)=NCCCC[C@@H](N)C(=O)NCCCN(CCCNC(=O)[C@@H](N)CCCCN=C(N)N)CCOc1ccc(CCCCN=C(N)NC(=O)c2nc(Cl)c(N)nc2N)cc1. The number of aliphatic imine (C=N–C) groups is 3. The van der Waals surface area contributed by atoms with Crippen molar-refractivity contribution >= 4 is 58.8 Å². The molecule has 22 nitrogen and oxygen atoms in total. The lowest BCUT2D eigenvalue weighted by molar-refractivity contribution is -0.123. The molecule has 1 aromatic carbocycles. The largest absolute Gasteiger partial charge is 0.492 e.